The Bertz CT molecular complexity index is 793. The number of allylic oxidation sites excluding steroid dienone is 1. The van der Waals surface area contributed by atoms with Gasteiger partial charge in [0.2, 0.25) is 5.95 Å². The lowest BCUT2D eigenvalue weighted by Gasteiger charge is -2.26. The number of rotatable bonds is 3. The average Bonchev–Trinajstić information content (AvgIpc) is 3.14. The summed E-state index contributed by atoms with van der Waals surface area (Å²) in [5.41, 5.74) is 0.432. The van der Waals surface area contributed by atoms with Crippen LogP contribution in [0.25, 0.3) is 0 Å². The number of carbonyl (C=O) groups is 1. The smallest absolute Gasteiger partial charge is 0.453 e. The van der Waals surface area contributed by atoms with Crippen LogP contribution in [0.5, 0.6) is 0 Å². The molecular weight excluding hydrogens is 329 g/mol. The number of hydrogen-bond acceptors (Lipinski definition) is 6. The normalized spacial score (nSPS) is 17.5. The fourth-order valence-electron chi connectivity index (χ4n) is 2.45. The topological polar surface area (TPSA) is 82.2 Å². The van der Waals surface area contributed by atoms with Crippen LogP contribution in [0, 0.1) is 0 Å². The average molecular weight is 342 g/mol. The minimum Gasteiger partial charge on any atom is -0.467 e. The van der Waals surface area contributed by atoms with Crippen LogP contribution in [0.4, 0.5) is 19.1 Å². The van der Waals surface area contributed by atoms with Gasteiger partial charge in [0.1, 0.15) is 11.8 Å². The van der Waals surface area contributed by atoms with Gasteiger partial charge in [0.25, 0.3) is 5.82 Å². The lowest BCUT2D eigenvalue weighted by Crippen LogP contribution is -2.29. The van der Waals surface area contributed by atoms with Crippen molar-refractivity contribution in [3.8, 4) is 0 Å². The second kappa shape index (κ2) is 5.69. The first kappa shape index (κ1) is 16.1. The monoisotopic (exact) mass is 342 g/mol. The highest BCUT2D eigenvalue weighted by atomic mass is 19.4. The van der Waals surface area contributed by atoms with Gasteiger partial charge in [-0.25, -0.2) is 9.48 Å². The highest BCUT2D eigenvalue weighted by Crippen LogP contribution is 2.37. The van der Waals surface area contributed by atoms with Gasteiger partial charge in [-0.15, -0.1) is 5.10 Å². The molecule has 24 heavy (non-hydrogen) atoms. The molecule has 1 N–H and O–H groups in total. The van der Waals surface area contributed by atoms with Crippen molar-refractivity contribution in [2.75, 3.05) is 11.9 Å². The van der Waals surface area contributed by atoms with E-state index in [0.29, 0.717) is 5.70 Å². The van der Waals surface area contributed by atoms with Crippen molar-refractivity contribution in [3.05, 3.63) is 41.3 Å². The molecule has 2 aromatic rings. The lowest BCUT2D eigenvalue weighted by molar-refractivity contribution is -0.145. The van der Waals surface area contributed by atoms with Crippen LogP contribution in [0.1, 0.15) is 31.5 Å². The summed E-state index contributed by atoms with van der Waals surface area (Å²) in [6.07, 6.45) is -3.35. The van der Waals surface area contributed by atoms with Gasteiger partial charge in [0.15, 0.2) is 0 Å². The summed E-state index contributed by atoms with van der Waals surface area (Å²) in [7, 11) is 0. The van der Waals surface area contributed by atoms with Gasteiger partial charge in [0.05, 0.1) is 18.4 Å². The highest BCUT2D eigenvalue weighted by Gasteiger charge is 2.42. The van der Waals surface area contributed by atoms with Crippen molar-refractivity contribution in [1.29, 1.82) is 0 Å². The zero-order valence-electron chi connectivity index (χ0n) is 12.7. The SMILES string of the molecule is CCOC(=O)C1=C(C)Nc2nc(C(F)(F)F)nn2[C@@H]1c1ccco1. The Hall–Kier alpha value is -2.78. The number of nitrogens with zero attached hydrogens (tertiary/aromatic N) is 3. The molecule has 0 amide bonds. The molecule has 0 bridgehead atoms. The van der Waals surface area contributed by atoms with E-state index >= 15 is 0 Å². The van der Waals surface area contributed by atoms with E-state index in [0.717, 1.165) is 4.68 Å². The molecule has 0 aliphatic carbocycles. The van der Waals surface area contributed by atoms with Crippen LogP contribution >= 0.6 is 0 Å². The number of halogens is 3. The molecular formula is C14H13F3N4O3. The predicted molar refractivity (Wildman–Crippen MR) is 74.8 cm³/mol. The molecule has 0 saturated heterocycles. The summed E-state index contributed by atoms with van der Waals surface area (Å²) in [6.45, 7) is 3.31. The van der Waals surface area contributed by atoms with Crippen molar-refractivity contribution in [3.63, 3.8) is 0 Å². The molecule has 2 aromatic heterocycles. The van der Waals surface area contributed by atoms with Crippen LogP contribution in [0.3, 0.4) is 0 Å². The number of hydrogen-bond donors (Lipinski definition) is 1. The lowest BCUT2D eigenvalue weighted by atomic mass is 10.0. The highest BCUT2D eigenvalue weighted by molar-refractivity contribution is 5.92. The standard InChI is InChI=1S/C14H13F3N4O3/c1-3-23-11(22)9-7(2)18-13-19-12(14(15,16)17)20-21(13)10(9)8-5-4-6-24-8/h4-6,10H,3H2,1-2H3,(H,18,19,20)/t10-/m1/s1. The maximum Gasteiger partial charge on any atom is 0.453 e. The number of alkyl halides is 3. The van der Waals surface area contributed by atoms with Gasteiger partial charge >= 0.3 is 12.1 Å². The van der Waals surface area contributed by atoms with Crippen molar-refractivity contribution in [1.82, 2.24) is 14.8 Å². The summed E-state index contributed by atoms with van der Waals surface area (Å²) in [4.78, 5) is 15.7. The zero-order valence-corrected chi connectivity index (χ0v) is 12.7. The molecule has 1 aliphatic heterocycles. The molecule has 128 valence electrons. The number of aromatic nitrogens is 3. The molecule has 1 aliphatic rings. The largest absolute Gasteiger partial charge is 0.467 e. The predicted octanol–water partition coefficient (Wildman–Crippen LogP) is 2.74. The molecule has 7 nitrogen and oxygen atoms in total. The van der Waals surface area contributed by atoms with E-state index in [1.165, 1.54) is 6.26 Å². The number of esters is 1. The Morgan fingerprint density at radius 1 is 1.50 bits per heavy atom. The van der Waals surface area contributed by atoms with E-state index in [1.807, 2.05) is 0 Å². The molecule has 0 aromatic carbocycles. The fourth-order valence-corrected chi connectivity index (χ4v) is 2.45. The molecule has 0 spiro atoms. The van der Waals surface area contributed by atoms with Gasteiger partial charge in [-0.2, -0.15) is 18.2 Å². The molecule has 0 fully saturated rings. The summed E-state index contributed by atoms with van der Waals surface area (Å²) in [5, 5.41) is 6.16. The summed E-state index contributed by atoms with van der Waals surface area (Å²) >= 11 is 0. The molecule has 1 atom stereocenters. The van der Waals surface area contributed by atoms with Crippen molar-refractivity contribution in [2.45, 2.75) is 26.1 Å². The van der Waals surface area contributed by atoms with Gasteiger partial charge in [-0.1, -0.05) is 0 Å². The number of carbonyl (C=O) groups excluding carboxylic acids is 1. The quantitative estimate of drug-likeness (QED) is 0.864. The molecule has 3 rings (SSSR count). The number of furan rings is 1. The summed E-state index contributed by atoms with van der Waals surface area (Å²) in [6, 6.07) is 2.11. The molecule has 0 saturated carbocycles. The van der Waals surface area contributed by atoms with Crippen molar-refractivity contribution in [2.24, 2.45) is 0 Å². The number of anilines is 1. The first-order valence-electron chi connectivity index (χ1n) is 7.05. The molecule has 0 unspecified atom stereocenters. The van der Waals surface area contributed by atoms with E-state index in [9.17, 15) is 18.0 Å². The minimum atomic E-state index is -4.71. The van der Waals surface area contributed by atoms with E-state index in [1.54, 1.807) is 26.0 Å². The maximum absolute atomic E-state index is 12.9. The first-order valence-corrected chi connectivity index (χ1v) is 7.05. The summed E-state index contributed by atoms with van der Waals surface area (Å²) in [5.74, 6) is -1.86. The van der Waals surface area contributed by atoms with Gasteiger partial charge in [-0.3, -0.25) is 0 Å². The van der Waals surface area contributed by atoms with Crippen LogP contribution in [-0.4, -0.2) is 27.3 Å². The van der Waals surface area contributed by atoms with Gasteiger partial charge in [0, 0.05) is 5.70 Å². The molecule has 3 heterocycles. The Kier molecular flexibility index (Phi) is 3.82. The molecule has 0 radical (unpaired) electrons. The Balaban J connectivity index is 2.15. The van der Waals surface area contributed by atoms with Crippen LogP contribution in [0.15, 0.2) is 34.1 Å². The van der Waals surface area contributed by atoms with Crippen LogP contribution in [0.2, 0.25) is 0 Å². The van der Waals surface area contributed by atoms with E-state index in [2.05, 4.69) is 15.4 Å². The van der Waals surface area contributed by atoms with Crippen molar-refractivity contribution >= 4 is 11.9 Å². The Labute approximate surface area is 134 Å². The minimum absolute atomic E-state index is 0.109. The fraction of sp³-hybridized carbons (Fsp3) is 0.357. The summed E-state index contributed by atoms with van der Waals surface area (Å²) < 4.78 is 50.0. The second-order valence-electron chi connectivity index (χ2n) is 5.00. The molecule has 10 heteroatoms. The number of ether oxygens (including phenoxy) is 1. The maximum atomic E-state index is 12.9. The third-order valence-electron chi connectivity index (χ3n) is 3.41. The van der Waals surface area contributed by atoms with E-state index in [4.69, 9.17) is 9.15 Å². The van der Waals surface area contributed by atoms with Gasteiger partial charge < -0.3 is 14.5 Å². The Morgan fingerprint density at radius 2 is 2.25 bits per heavy atom. The number of fused-ring (bicyclic) bond motifs is 1. The van der Waals surface area contributed by atoms with Crippen molar-refractivity contribution < 1.29 is 27.1 Å². The first-order chi connectivity index (χ1) is 11.3. The van der Waals surface area contributed by atoms with Gasteiger partial charge in [-0.05, 0) is 26.0 Å². The van der Waals surface area contributed by atoms with Crippen LogP contribution in [-0.2, 0) is 15.7 Å². The zero-order chi connectivity index (χ0) is 17.5. The number of nitrogens with one attached hydrogen (secondary N) is 1. The van der Waals surface area contributed by atoms with E-state index < -0.39 is 24.0 Å². The third-order valence-corrected chi connectivity index (χ3v) is 3.41. The van der Waals surface area contributed by atoms with E-state index in [-0.39, 0.29) is 23.9 Å². The third kappa shape index (κ3) is 2.63. The second-order valence-corrected chi connectivity index (χ2v) is 5.00. The van der Waals surface area contributed by atoms with Crippen LogP contribution < -0.4 is 5.32 Å². The Morgan fingerprint density at radius 3 is 2.83 bits per heavy atom.